The van der Waals surface area contributed by atoms with Crippen molar-refractivity contribution in [3.05, 3.63) is 30.1 Å². The number of para-hydroxylation sites is 2. The second-order valence-corrected chi connectivity index (χ2v) is 7.91. The molecule has 0 atom stereocenters. The van der Waals surface area contributed by atoms with Crippen molar-refractivity contribution in [3.63, 3.8) is 0 Å². The number of carbonyl (C=O) groups is 1. The lowest BCUT2D eigenvalue weighted by molar-refractivity contribution is -0.121. The van der Waals surface area contributed by atoms with E-state index in [-0.39, 0.29) is 18.2 Å². The van der Waals surface area contributed by atoms with Crippen LogP contribution in [0.25, 0.3) is 11.0 Å². The molecule has 2 aromatic rings. The van der Waals surface area contributed by atoms with E-state index in [1.54, 1.807) is 4.57 Å². The minimum absolute atomic E-state index is 0.0547. The van der Waals surface area contributed by atoms with E-state index in [4.69, 9.17) is 0 Å². The summed E-state index contributed by atoms with van der Waals surface area (Å²) in [4.78, 5) is 16.5. The fourth-order valence-electron chi connectivity index (χ4n) is 2.44. The number of carbonyl (C=O) groups excluding carboxylic acids is 1. The molecule has 0 saturated heterocycles. The predicted molar refractivity (Wildman–Crippen MR) is 94.5 cm³/mol. The highest BCUT2D eigenvalue weighted by atomic mass is 32.2. The fraction of sp³-hybridized carbons (Fsp3) is 0.500. The number of rotatable bonds is 9. The summed E-state index contributed by atoms with van der Waals surface area (Å²) in [5, 5.41) is 6.04. The molecule has 0 bridgehead atoms. The Bertz CT molecular complexity index is 799. The highest BCUT2D eigenvalue weighted by Gasteiger charge is 2.17. The van der Waals surface area contributed by atoms with Gasteiger partial charge in [0.15, 0.2) is 9.84 Å². The van der Waals surface area contributed by atoms with Gasteiger partial charge in [-0.3, -0.25) is 4.79 Å². The average molecular weight is 352 g/mol. The van der Waals surface area contributed by atoms with Crippen LogP contribution in [0.2, 0.25) is 0 Å². The number of benzene rings is 1. The first-order chi connectivity index (χ1) is 11.4. The Morgan fingerprint density at radius 2 is 1.96 bits per heavy atom. The molecule has 1 amide bonds. The molecule has 8 heteroatoms. The largest absolute Gasteiger partial charge is 0.353 e. The Labute approximate surface area is 142 Å². The van der Waals surface area contributed by atoms with E-state index in [1.165, 1.54) is 0 Å². The quantitative estimate of drug-likeness (QED) is 0.648. The third-order valence-electron chi connectivity index (χ3n) is 3.48. The van der Waals surface area contributed by atoms with Gasteiger partial charge < -0.3 is 15.2 Å². The van der Waals surface area contributed by atoms with Crippen molar-refractivity contribution in [3.8, 4) is 0 Å². The Balaban J connectivity index is 2.11. The fourth-order valence-corrected chi connectivity index (χ4v) is 3.13. The molecule has 1 heterocycles. The molecular weight excluding hydrogens is 328 g/mol. The SMILES string of the molecule is CCCNCCNC(=O)Cn1c(CS(C)(=O)=O)nc2ccccc21. The lowest BCUT2D eigenvalue weighted by Crippen LogP contribution is -2.34. The van der Waals surface area contributed by atoms with Gasteiger partial charge in [0.1, 0.15) is 18.1 Å². The smallest absolute Gasteiger partial charge is 0.240 e. The summed E-state index contributed by atoms with van der Waals surface area (Å²) >= 11 is 0. The Morgan fingerprint density at radius 1 is 1.21 bits per heavy atom. The van der Waals surface area contributed by atoms with E-state index in [0.29, 0.717) is 24.4 Å². The van der Waals surface area contributed by atoms with Crippen molar-refractivity contribution in [1.82, 2.24) is 20.2 Å². The molecule has 7 nitrogen and oxygen atoms in total. The molecule has 0 unspecified atom stereocenters. The summed E-state index contributed by atoms with van der Waals surface area (Å²) in [6, 6.07) is 7.33. The molecule has 24 heavy (non-hydrogen) atoms. The van der Waals surface area contributed by atoms with Crippen LogP contribution in [-0.2, 0) is 26.9 Å². The first-order valence-corrected chi connectivity index (χ1v) is 10.1. The number of hydrogen-bond acceptors (Lipinski definition) is 5. The first-order valence-electron chi connectivity index (χ1n) is 8.00. The number of sulfone groups is 1. The summed E-state index contributed by atoms with van der Waals surface area (Å²) in [6.07, 6.45) is 2.21. The van der Waals surface area contributed by atoms with Crippen LogP contribution in [0.4, 0.5) is 0 Å². The van der Waals surface area contributed by atoms with E-state index in [0.717, 1.165) is 24.7 Å². The number of fused-ring (bicyclic) bond motifs is 1. The highest BCUT2D eigenvalue weighted by molar-refractivity contribution is 7.89. The zero-order chi connectivity index (χ0) is 17.6. The topological polar surface area (TPSA) is 93.1 Å². The lowest BCUT2D eigenvalue weighted by Gasteiger charge is -2.10. The molecule has 0 aliphatic rings. The highest BCUT2D eigenvalue weighted by Crippen LogP contribution is 2.17. The monoisotopic (exact) mass is 352 g/mol. The van der Waals surface area contributed by atoms with Crippen molar-refractivity contribution in [1.29, 1.82) is 0 Å². The molecule has 2 N–H and O–H groups in total. The van der Waals surface area contributed by atoms with E-state index in [1.807, 2.05) is 24.3 Å². The number of aromatic nitrogens is 2. The molecule has 2 rings (SSSR count). The van der Waals surface area contributed by atoms with Gasteiger partial charge in [0.25, 0.3) is 0 Å². The summed E-state index contributed by atoms with van der Waals surface area (Å²) in [5.41, 5.74) is 1.45. The lowest BCUT2D eigenvalue weighted by atomic mass is 10.3. The van der Waals surface area contributed by atoms with Crippen LogP contribution < -0.4 is 10.6 Å². The molecular formula is C16H24N4O3S. The summed E-state index contributed by atoms with van der Waals surface area (Å²) in [7, 11) is -3.24. The van der Waals surface area contributed by atoms with Crippen molar-refractivity contribution in [2.75, 3.05) is 25.9 Å². The zero-order valence-electron chi connectivity index (χ0n) is 14.1. The van der Waals surface area contributed by atoms with E-state index >= 15 is 0 Å². The maximum Gasteiger partial charge on any atom is 0.240 e. The third kappa shape index (κ3) is 5.31. The van der Waals surface area contributed by atoms with Crippen molar-refractivity contribution >= 4 is 26.8 Å². The third-order valence-corrected chi connectivity index (χ3v) is 4.26. The number of amides is 1. The minimum atomic E-state index is -3.24. The van der Waals surface area contributed by atoms with Gasteiger partial charge >= 0.3 is 0 Å². The summed E-state index contributed by atoms with van der Waals surface area (Å²) in [6.45, 7) is 4.30. The second-order valence-electron chi connectivity index (χ2n) is 5.77. The Hall–Kier alpha value is -1.93. The van der Waals surface area contributed by atoms with Crippen LogP contribution in [0.3, 0.4) is 0 Å². The van der Waals surface area contributed by atoms with Gasteiger partial charge in [-0.05, 0) is 25.1 Å². The number of imidazole rings is 1. The number of nitrogens with zero attached hydrogens (tertiary/aromatic N) is 2. The standard InChI is InChI=1S/C16H24N4O3S/c1-3-8-17-9-10-18-16(21)11-20-14-7-5-4-6-13(14)19-15(20)12-24(2,22)23/h4-7,17H,3,8-12H2,1-2H3,(H,18,21). The minimum Gasteiger partial charge on any atom is -0.353 e. The van der Waals surface area contributed by atoms with E-state index < -0.39 is 9.84 Å². The van der Waals surface area contributed by atoms with E-state index in [2.05, 4.69) is 22.5 Å². The van der Waals surface area contributed by atoms with Crippen LogP contribution in [0, 0.1) is 0 Å². The van der Waals surface area contributed by atoms with Gasteiger partial charge in [-0.2, -0.15) is 0 Å². The van der Waals surface area contributed by atoms with Crippen LogP contribution in [-0.4, -0.2) is 49.8 Å². The Kier molecular flexibility index (Phi) is 6.33. The van der Waals surface area contributed by atoms with Gasteiger partial charge in [-0.15, -0.1) is 0 Å². The molecule has 1 aromatic carbocycles. The number of nitrogens with one attached hydrogen (secondary N) is 2. The van der Waals surface area contributed by atoms with Gasteiger partial charge in [0.05, 0.1) is 11.0 Å². The molecule has 0 radical (unpaired) electrons. The van der Waals surface area contributed by atoms with Gasteiger partial charge in [-0.25, -0.2) is 13.4 Å². The van der Waals surface area contributed by atoms with Crippen LogP contribution in [0.5, 0.6) is 0 Å². The van der Waals surface area contributed by atoms with Gasteiger partial charge in [0.2, 0.25) is 5.91 Å². The zero-order valence-corrected chi connectivity index (χ0v) is 14.9. The first kappa shape index (κ1) is 18.4. The van der Waals surface area contributed by atoms with Crippen molar-refractivity contribution < 1.29 is 13.2 Å². The molecule has 1 aromatic heterocycles. The average Bonchev–Trinajstić information content (AvgIpc) is 2.83. The molecule has 0 spiro atoms. The van der Waals surface area contributed by atoms with E-state index in [9.17, 15) is 13.2 Å². The predicted octanol–water partition coefficient (Wildman–Crippen LogP) is 0.697. The second kappa shape index (κ2) is 8.25. The van der Waals surface area contributed by atoms with Crippen molar-refractivity contribution in [2.45, 2.75) is 25.6 Å². The Morgan fingerprint density at radius 3 is 2.67 bits per heavy atom. The molecule has 0 aliphatic heterocycles. The summed E-state index contributed by atoms with van der Waals surface area (Å²) in [5.74, 6) is 0.0386. The maximum absolute atomic E-state index is 12.2. The van der Waals surface area contributed by atoms with Gasteiger partial charge in [-0.1, -0.05) is 19.1 Å². The molecule has 0 fully saturated rings. The molecule has 132 valence electrons. The van der Waals surface area contributed by atoms with Crippen LogP contribution in [0.15, 0.2) is 24.3 Å². The van der Waals surface area contributed by atoms with Crippen molar-refractivity contribution in [2.24, 2.45) is 0 Å². The van der Waals surface area contributed by atoms with Gasteiger partial charge in [0, 0.05) is 19.3 Å². The normalized spacial score (nSPS) is 11.8. The number of hydrogen-bond donors (Lipinski definition) is 2. The van der Waals surface area contributed by atoms with Crippen LogP contribution >= 0.6 is 0 Å². The molecule has 0 saturated carbocycles. The maximum atomic E-state index is 12.2. The molecule has 0 aliphatic carbocycles. The summed E-state index contributed by atoms with van der Waals surface area (Å²) < 4.78 is 24.9. The van der Waals surface area contributed by atoms with Crippen LogP contribution in [0.1, 0.15) is 19.2 Å².